The number of rotatable bonds is 24. The van der Waals surface area contributed by atoms with Gasteiger partial charge in [0.25, 0.3) is 0 Å². The maximum absolute atomic E-state index is 5.94. The van der Waals surface area contributed by atoms with E-state index >= 15 is 0 Å². The van der Waals surface area contributed by atoms with Gasteiger partial charge >= 0.3 is 0 Å². The van der Waals surface area contributed by atoms with Gasteiger partial charge < -0.3 is 38.5 Å². The second-order valence-electron chi connectivity index (χ2n) is 23.6. The third-order valence-corrected chi connectivity index (χ3v) is 14.7. The molecule has 0 heterocycles. The molecule has 4 fully saturated rings. The summed E-state index contributed by atoms with van der Waals surface area (Å²) < 4.78 is 23.3. The summed E-state index contributed by atoms with van der Waals surface area (Å²) in [7, 11) is 8.91. The Labute approximate surface area is 389 Å². The van der Waals surface area contributed by atoms with Crippen LogP contribution in [0.3, 0.4) is 0 Å². The van der Waals surface area contributed by atoms with Gasteiger partial charge in [-0.05, 0) is 190 Å². The summed E-state index contributed by atoms with van der Waals surface area (Å²) in [5.74, 6) is 0. The zero-order chi connectivity index (χ0) is 47.3. The van der Waals surface area contributed by atoms with Crippen molar-refractivity contribution in [3.05, 3.63) is 0 Å². The summed E-state index contributed by atoms with van der Waals surface area (Å²) in [5, 5.41) is 0. The summed E-state index contributed by atoms with van der Waals surface area (Å²) in [5.41, 5.74) is 1.80. The van der Waals surface area contributed by atoms with Gasteiger partial charge in [-0.1, -0.05) is 38.5 Å². The van der Waals surface area contributed by atoms with E-state index in [4.69, 9.17) is 18.9 Å². The van der Waals surface area contributed by atoms with Crippen LogP contribution in [0.4, 0.5) is 0 Å². The van der Waals surface area contributed by atoms with Gasteiger partial charge in [0, 0.05) is 72.0 Å². The van der Waals surface area contributed by atoms with E-state index in [1.807, 2.05) is 0 Å². The van der Waals surface area contributed by atoms with Gasteiger partial charge in [-0.3, -0.25) is 0 Å². The van der Waals surface area contributed by atoms with E-state index in [0.29, 0.717) is 70.2 Å². The monoisotopic (exact) mass is 881 g/mol. The first-order chi connectivity index (χ1) is 28.8. The lowest BCUT2D eigenvalue weighted by molar-refractivity contribution is -0.0503. The Morgan fingerprint density at radius 1 is 0.290 bits per heavy atom. The highest BCUT2D eigenvalue weighted by molar-refractivity contribution is 4.96. The number of hydrogen-bond acceptors (Lipinski definition) is 8. The fraction of sp³-hybridized carbons (Fsp3) is 1.00. The van der Waals surface area contributed by atoms with Crippen molar-refractivity contribution >= 4 is 0 Å². The summed E-state index contributed by atoms with van der Waals surface area (Å²) in [6, 6.07) is 2.55. The first kappa shape index (κ1) is 59.7. The Morgan fingerprint density at radius 3 is 0.645 bits per heavy atom. The molecule has 0 aromatic rings. The molecule has 4 aliphatic carbocycles. The quantitative estimate of drug-likeness (QED) is 0.0950. The molecule has 0 amide bonds. The second-order valence-corrected chi connectivity index (χ2v) is 23.6. The van der Waals surface area contributed by atoms with Crippen LogP contribution in [-0.2, 0) is 18.9 Å². The predicted octanol–water partition coefficient (Wildman–Crippen LogP) is 12.5. The number of hydrogen-bond donors (Lipinski definition) is 0. The Kier molecular flexibility index (Phi) is 28.3. The van der Waals surface area contributed by atoms with E-state index in [-0.39, 0.29) is 0 Å². The van der Waals surface area contributed by atoms with E-state index < -0.39 is 0 Å². The van der Waals surface area contributed by atoms with Crippen molar-refractivity contribution in [2.75, 3.05) is 80.8 Å². The molecule has 62 heavy (non-hydrogen) atoms. The molecule has 4 rings (SSSR count). The molecule has 0 radical (unpaired) electrons. The molecule has 4 saturated carbocycles. The third-order valence-electron chi connectivity index (χ3n) is 14.7. The van der Waals surface area contributed by atoms with Crippen molar-refractivity contribution in [3.8, 4) is 0 Å². The first-order valence-corrected chi connectivity index (χ1v) is 26.1. The van der Waals surface area contributed by atoms with E-state index in [2.05, 4.69) is 159 Å². The van der Waals surface area contributed by atoms with Gasteiger partial charge in [0.2, 0.25) is 0 Å². The van der Waals surface area contributed by atoms with Crippen molar-refractivity contribution in [2.24, 2.45) is 21.7 Å². The molecular weight excluding hydrogens is 769 g/mol. The van der Waals surface area contributed by atoms with Crippen molar-refractivity contribution in [1.82, 2.24) is 19.6 Å². The Morgan fingerprint density at radius 2 is 0.484 bits per heavy atom. The SMILES string of the molecule is CC(C)OCC1(CN(C)C(C)C)CC1.CC(C)OCC1(CN(C)C(C)C)CCC1.CC(C)OCC1(CN(C)C(C)C)CCCC1.CC(C)OCC1(CN(C)C(C)C)CCCCC1. The van der Waals surface area contributed by atoms with Crippen LogP contribution in [-0.4, -0.2) is 149 Å². The fourth-order valence-electron chi connectivity index (χ4n) is 8.89. The molecule has 0 aromatic carbocycles. The molecule has 8 heteroatoms. The van der Waals surface area contributed by atoms with Gasteiger partial charge in [0.15, 0.2) is 0 Å². The van der Waals surface area contributed by atoms with Crippen LogP contribution in [0.5, 0.6) is 0 Å². The van der Waals surface area contributed by atoms with Crippen LogP contribution in [0, 0.1) is 21.7 Å². The second kappa shape index (κ2) is 29.4. The summed E-state index contributed by atoms with van der Waals surface area (Å²) in [4.78, 5) is 9.82. The third kappa shape index (κ3) is 24.4. The molecular formula is C54H112N4O4. The van der Waals surface area contributed by atoms with Gasteiger partial charge in [0.1, 0.15) is 0 Å². The van der Waals surface area contributed by atoms with Crippen molar-refractivity contribution < 1.29 is 18.9 Å². The van der Waals surface area contributed by atoms with E-state index in [0.717, 1.165) is 26.4 Å². The minimum Gasteiger partial charge on any atom is -0.378 e. The highest BCUT2D eigenvalue weighted by atomic mass is 16.5. The fourth-order valence-corrected chi connectivity index (χ4v) is 8.89. The average Bonchev–Trinajstić information content (AvgIpc) is 3.79. The highest BCUT2D eigenvalue weighted by Gasteiger charge is 2.44. The van der Waals surface area contributed by atoms with E-state index in [1.54, 1.807) is 0 Å². The molecule has 0 spiro atoms. The van der Waals surface area contributed by atoms with Crippen LogP contribution in [0.1, 0.15) is 201 Å². The molecule has 0 bridgehead atoms. The largest absolute Gasteiger partial charge is 0.378 e. The van der Waals surface area contributed by atoms with E-state index in [1.165, 1.54) is 116 Å². The Hall–Kier alpha value is -0.320. The standard InChI is InChI=1S/C15H31NO.C14H29NO.C13H27NO.C12H25NO/c1-13(2)16(5)11-15(12-17-14(3)4)9-7-6-8-10-15;1-12(2)15(5)10-14(8-6-7-9-14)11-16-13(3)4;1-11(2)14(5)9-13(7-6-8-13)10-15-12(3)4;1-10(2)13(5)8-12(6-7-12)9-14-11(3)4/h13-14H,6-12H2,1-5H3;12-13H,6-11H2,1-5H3;11-12H,6-10H2,1-5H3;10-11H,6-9H2,1-5H3. The average molecular weight is 882 g/mol. The summed E-state index contributed by atoms with van der Waals surface area (Å²) in [6.07, 6.45) is 20.5. The van der Waals surface area contributed by atoms with Crippen LogP contribution >= 0.6 is 0 Å². The highest BCUT2D eigenvalue weighted by Crippen LogP contribution is 2.47. The molecule has 0 aromatic heterocycles. The molecule has 4 aliphatic rings. The van der Waals surface area contributed by atoms with Gasteiger partial charge in [-0.25, -0.2) is 0 Å². The lowest BCUT2D eigenvalue weighted by atomic mass is 9.69. The lowest BCUT2D eigenvalue weighted by Crippen LogP contribution is -2.46. The van der Waals surface area contributed by atoms with Crippen molar-refractivity contribution in [2.45, 2.75) is 249 Å². The van der Waals surface area contributed by atoms with Crippen LogP contribution < -0.4 is 0 Å². The zero-order valence-corrected chi connectivity index (χ0v) is 45.6. The first-order valence-electron chi connectivity index (χ1n) is 26.1. The Bertz CT molecular complexity index is 1100. The molecule has 0 saturated heterocycles. The normalized spacial score (nSPS) is 20.1. The maximum Gasteiger partial charge on any atom is 0.0538 e. The Balaban J connectivity index is 0.000000414. The smallest absolute Gasteiger partial charge is 0.0538 e. The summed E-state index contributed by atoms with van der Waals surface area (Å²) in [6.45, 7) is 43.7. The van der Waals surface area contributed by atoms with Gasteiger partial charge in [0.05, 0.1) is 50.8 Å². The minimum absolute atomic E-state index is 0.359. The summed E-state index contributed by atoms with van der Waals surface area (Å²) >= 11 is 0. The number of ether oxygens (including phenoxy) is 4. The van der Waals surface area contributed by atoms with Crippen LogP contribution in [0.25, 0.3) is 0 Å². The molecule has 8 nitrogen and oxygen atoms in total. The number of nitrogens with zero attached hydrogens (tertiary/aromatic N) is 4. The minimum atomic E-state index is 0.359. The maximum atomic E-state index is 5.94. The zero-order valence-electron chi connectivity index (χ0n) is 45.6. The molecule has 0 unspecified atom stereocenters. The van der Waals surface area contributed by atoms with Gasteiger partial charge in [-0.15, -0.1) is 0 Å². The topological polar surface area (TPSA) is 49.9 Å². The molecule has 0 atom stereocenters. The van der Waals surface area contributed by atoms with E-state index in [9.17, 15) is 0 Å². The van der Waals surface area contributed by atoms with Crippen LogP contribution in [0.15, 0.2) is 0 Å². The lowest BCUT2D eigenvalue weighted by Gasteiger charge is -2.45. The van der Waals surface area contributed by atoms with Crippen LogP contribution in [0.2, 0.25) is 0 Å². The van der Waals surface area contributed by atoms with Crippen molar-refractivity contribution in [1.29, 1.82) is 0 Å². The molecule has 0 N–H and O–H groups in total. The van der Waals surface area contributed by atoms with Crippen molar-refractivity contribution in [3.63, 3.8) is 0 Å². The molecule has 0 aliphatic heterocycles. The predicted molar refractivity (Wildman–Crippen MR) is 270 cm³/mol. The molecule has 372 valence electrons. The van der Waals surface area contributed by atoms with Gasteiger partial charge in [-0.2, -0.15) is 0 Å².